The zero-order valence-electron chi connectivity index (χ0n) is 11.1. The lowest BCUT2D eigenvalue weighted by Gasteiger charge is -2.23. The first-order valence-electron chi connectivity index (χ1n) is 5.90. The molecule has 0 aromatic carbocycles. The van der Waals surface area contributed by atoms with Gasteiger partial charge in [-0.05, 0) is 30.0 Å². The molecule has 0 fully saturated rings. The third kappa shape index (κ3) is 2.56. The van der Waals surface area contributed by atoms with Crippen LogP contribution >= 0.6 is 0 Å². The fraction of sp³-hybridized carbons (Fsp3) is 0.462. The number of aryl methyl sites for hydroxylation is 1. The van der Waals surface area contributed by atoms with Gasteiger partial charge in [-0.15, -0.1) is 0 Å². The molecule has 2 N–H and O–H groups in total. The highest BCUT2D eigenvalue weighted by Crippen LogP contribution is 2.30. The molecule has 0 amide bonds. The third-order valence-electron chi connectivity index (χ3n) is 2.79. The maximum Gasteiger partial charge on any atom is 0.244 e. The second-order valence-corrected chi connectivity index (χ2v) is 5.52. The van der Waals surface area contributed by atoms with Gasteiger partial charge in [0.25, 0.3) is 0 Å². The van der Waals surface area contributed by atoms with Gasteiger partial charge in [-0.25, -0.2) is 0 Å². The molecule has 0 aliphatic heterocycles. The number of nitrogens with zero attached hydrogens (tertiary/aromatic N) is 3. The van der Waals surface area contributed by atoms with Crippen LogP contribution in [0.25, 0.3) is 11.5 Å². The van der Waals surface area contributed by atoms with Gasteiger partial charge in [-0.1, -0.05) is 25.9 Å². The molecule has 0 bridgehead atoms. The highest BCUT2D eigenvalue weighted by atomic mass is 16.5. The summed E-state index contributed by atoms with van der Waals surface area (Å²) in [5, 5.41) is 3.93. The summed E-state index contributed by atoms with van der Waals surface area (Å²) in [4.78, 5) is 8.54. The maximum absolute atomic E-state index is 6.08. The molecule has 96 valence electrons. The average Bonchev–Trinajstić information content (AvgIpc) is 2.75. The van der Waals surface area contributed by atoms with Crippen LogP contribution in [-0.4, -0.2) is 15.1 Å². The van der Waals surface area contributed by atoms with Crippen molar-refractivity contribution in [1.29, 1.82) is 0 Å². The van der Waals surface area contributed by atoms with Crippen LogP contribution < -0.4 is 5.73 Å². The Morgan fingerprint density at radius 1 is 1.33 bits per heavy atom. The van der Waals surface area contributed by atoms with E-state index in [4.69, 9.17) is 10.3 Å². The van der Waals surface area contributed by atoms with E-state index < -0.39 is 0 Å². The van der Waals surface area contributed by atoms with Crippen molar-refractivity contribution in [3.8, 4) is 11.5 Å². The Labute approximate surface area is 106 Å². The minimum Gasteiger partial charge on any atom is -0.337 e. The van der Waals surface area contributed by atoms with Gasteiger partial charge >= 0.3 is 0 Å². The van der Waals surface area contributed by atoms with Crippen LogP contribution in [0.2, 0.25) is 0 Å². The fourth-order valence-corrected chi connectivity index (χ4v) is 1.49. The van der Waals surface area contributed by atoms with Crippen molar-refractivity contribution in [3.05, 3.63) is 29.8 Å². The molecule has 18 heavy (non-hydrogen) atoms. The predicted molar refractivity (Wildman–Crippen MR) is 68.6 cm³/mol. The minimum atomic E-state index is -0.288. The van der Waals surface area contributed by atoms with E-state index in [1.165, 1.54) is 0 Å². The molecule has 0 spiro atoms. The molecule has 2 aromatic heterocycles. The van der Waals surface area contributed by atoms with E-state index in [2.05, 4.69) is 15.1 Å². The Morgan fingerprint density at radius 3 is 2.67 bits per heavy atom. The van der Waals surface area contributed by atoms with Crippen LogP contribution in [0.4, 0.5) is 0 Å². The number of hydrogen-bond donors (Lipinski definition) is 1. The lowest BCUT2D eigenvalue weighted by Crippen LogP contribution is -2.26. The molecule has 0 saturated carbocycles. The average molecular weight is 246 g/mol. The maximum atomic E-state index is 6.08. The Bertz CT molecular complexity index is 542. The van der Waals surface area contributed by atoms with E-state index in [0.717, 1.165) is 5.56 Å². The topological polar surface area (TPSA) is 77.8 Å². The fourth-order valence-electron chi connectivity index (χ4n) is 1.49. The molecule has 2 rings (SSSR count). The van der Waals surface area contributed by atoms with Gasteiger partial charge in [-0.2, -0.15) is 4.98 Å². The lowest BCUT2D eigenvalue weighted by atomic mass is 9.87. The summed E-state index contributed by atoms with van der Waals surface area (Å²) in [6.07, 6.45) is 1.73. The lowest BCUT2D eigenvalue weighted by molar-refractivity contribution is 0.253. The first kappa shape index (κ1) is 12.7. The first-order valence-corrected chi connectivity index (χ1v) is 5.90. The van der Waals surface area contributed by atoms with Crippen molar-refractivity contribution in [3.63, 3.8) is 0 Å². The van der Waals surface area contributed by atoms with Gasteiger partial charge in [0.05, 0.1) is 6.04 Å². The summed E-state index contributed by atoms with van der Waals surface area (Å²) in [7, 11) is 0. The molecule has 0 unspecified atom stereocenters. The van der Waals surface area contributed by atoms with E-state index in [-0.39, 0.29) is 11.5 Å². The molecular weight excluding hydrogens is 228 g/mol. The van der Waals surface area contributed by atoms with Crippen molar-refractivity contribution in [2.24, 2.45) is 11.1 Å². The van der Waals surface area contributed by atoms with Crippen molar-refractivity contribution in [2.45, 2.75) is 33.7 Å². The van der Waals surface area contributed by atoms with E-state index in [1.807, 2.05) is 39.8 Å². The smallest absolute Gasteiger partial charge is 0.244 e. The van der Waals surface area contributed by atoms with Crippen LogP contribution in [0.15, 0.2) is 22.9 Å². The van der Waals surface area contributed by atoms with Gasteiger partial charge in [-0.3, -0.25) is 4.98 Å². The summed E-state index contributed by atoms with van der Waals surface area (Å²) in [6.45, 7) is 8.10. The number of hydrogen-bond acceptors (Lipinski definition) is 5. The molecule has 0 radical (unpaired) electrons. The monoisotopic (exact) mass is 246 g/mol. The normalized spacial score (nSPS) is 13.6. The van der Waals surface area contributed by atoms with E-state index in [0.29, 0.717) is 17.4 Å². The number of aromatic nitrogens is 3. The quantitative estimate of drug-likeness (QED) is 0.880. The van der Waals surface area contributed by atoms with E-state index >= 15 is 0 Å². The largest absolute Gasteiger partial charge is 0.337 e. The van der Waals surface area contributed by atoms with Gasteiger partial charge in [0.2, 0.25) is 11.7 Å². The number of rotatable bonds is 2. The predicted octanol–water partition coefficient (Wildman–Crippen LogP) is 2.49. The molecule has 1 atom stereocenters. The summed E-state index contributed by atoms with van der Waals surface area (Å²) in [5.74, 6) is 0.925. The molecule has 5 heteroatoms. The molecular formula is C13H18N4O. The first-order chi connectivity index (χ1) is 8.38. The number of nitrogens with two attached hydrogens (primary N) is 1. The molecule has 0 saturated heterocycles. The highest BCUT2D eigenvalue weighted by molar-refractivity contribution is 5.49. The summed E-state index contributed by atoms with van der Waals surface area (Å²) in [6, 6.07) is 3.55. The Balaban J connectivity index is 2.31. The number of pyridine rings is 1. The van der Waals surface area contributed by atoms with Crippen LogP contribution in [0.5, 0.6) is 0 Å². The van der Waals surface area contributed by atoms with Crippen LogP contribution in [0, 0.1) is 12.3 Å². The van der Waals surface area contributed by atoms with Gasteiger partial charge in [0.1, 0.15) is 5.69 Å². The second kappa shape index (κ2) is 4.49. The SMILES string of the molecule is Cc1ccnc(-c2noc([C@@H](N)C(C)(C)C)n2)c1. The summed E-state index contributed by atoms with van der Waals surface area (Å²) in [5.41, 5.74) is 7.76. The van der Waals surface area contributed by atoms with E-state index in [1.54, 1.807) is 6.20 Å². The third-order valence-corrected chi connectivity index (χ3v) is 2.79. The molecule has 0 aliphatic carbocycles. The van der Waals surface area contributed by atoms with Crippen molar-refractivity contribution in [2.75, 3.05) is 0 Å². The highest BCUT2D eigenvalue weighted by Gasteiger charge is 2.27. The van der Waals surface area contributed by atoms with Crippen LogP contribution in [0.3, 0.4) is 0 Å². The second-order valence-electron chi connectivity index (χ2n) is 5.52. The van der Waals surface area contributed by atoms with E-state index in [9.17, 15) is 0 Å². The zero-order chi connectivity index (χ0) is 13.3. The molecule has 2 aromatic rings. The van der Waals surface area contributed by atoms with Crippen molar-refractivity contribution >= 4 is 0 Å². The Morgan fingerprint density at radius 2 is 2.06 bits per heavy atom. The van der Waals surface area contributed by atoms with Gasteiger partial charge in [0.15, 0.2) is 0 Å². The molecule has 5 nitrogen and oxygen atoms in total. The van der Waals surface area contributed by atoms with Crippen molar-refractivity contribution < 1.29 is 4.52 Å². The summed E-state index contributed by atoms with van der Waals surface area (Å²) >= 11 is 0. The van der Waals surface area contributed by atoms with Gasteiger partial charge in [0, 0.05) is 6.20 Å². The van der Waals surface area contributed by atoms with Crippen LogP contribution in [0.1, 0.15) is 38.3 Å². The van der Waals surface area contributed by atoms with Gasteiger partial charge < -0.3 is 10.3 Å². The minimum absolute atomic E-state index is 0.121. The molecule has 2 heterocycles. The van der Waals surface area contributed by atoms with Crippen LogP contribution in [-0.2, 0) is 0 Å². The van der Waals surface area contributed by atoms with Crippen molar-refractivity contribution in [1.82, 2.24) is 15.1 Å². The summed E-state index contributed by atoms with van der Waals surface area (Å²) < 4.78 is 5.22. The zero-order valence-corrected chi connectivity index (χ0v) is 11.1. The Kier molecular flexibility index (Phi) is 3.17. The standard InChI is InChI=1S/C13H18N4O/c1-8-5-6-15-9(7-8)11-16-12(18-17-11)10(14)13(2,3)4/h5-7,10H,14H2,1-4H3/t10-/m1/s1. The Hall–Kier alpha value is -1.75. The molecule has 0 aliphatic rings.